The van der Waals surface area contributed by atoms with Crippen LogP contribution in [0.5, 0.6) is 5.88 Å². The lowest BCUT2D eigenvalue weighted by molar-refractivity contribution is -0.139. The van der Waals surface area contributed by atoms with Crippen LogP contribution >= 0.6 is 0 Å². The smallest absolute Gasteiger partial charge is 0.423 e. The summed E-state index contributed by atoms with van der Waals surface area (Å²) in [5, 5.41) is 8.25. The summed E-state index contributed by atoms with van der Waals surface area (Å²) < 4.78 is 44.2. The van der Waals surface area contributed by atoms with Crippen LogP contribution in [0.2, 0.25) is 0 Å². The van der Waals surface area contributed by atoms with Gasteiger partial charge in [-0.2, -0.15) is 33.1 Å². The van der Waals surface area contributed by atoms with Crippen LogP contribution in [-0.2, 0) is 6.18 Å². The quantitative estimate of drug-likeness (QED) is 0.590. The summed E-state index contributed by atoms with van der Waals surface area (Å²) in [6.45, 7) is 3.10. The minimum absolute atomic E-state index is 0.113. The first-order valence-corrected chi connectivity index (χ1v) is 10.3. The molecule has 1 aliphatic heterocycles. The highest BCUT2D eigenvalue weighted by Crippen LogP contribution is 2.35. The highest BCUT2D eigenvalue weighted by atomic mass is 19.4. The zero-order valence-corrected chi connectivity index (χ0v) is 18.0. The number of aromatic nitrogens is 5. The lowest BCUT2D eigenvalue weighted by Crippen LogP contribution is -2.40. The molecule has 1 amide bonds. The molecular weight excluding hydrogens is 439 g/mol. The molecular formula is C21H22F3N7O2. The van der Waals surface area contributed by atoms with E-state index in [-0.39, 0.29) is 17.9 Å². The van der Waals surface area contributed by atoms with Gasteiger partial charge in [0.05, 0.1) is 30.8 Å². The minimum Gasteiger partial charge on any atom is -0.480 e. The number of hydrogen-bond acceptors (Lipinski definition) is 7. The van der Waals surface area contributed by atoms with E-state index in [1.165, 1.54) is 17.2 Å². The number of carbonyl (C=O) groups is 1. The maximum Gasteiger partial charge on any atom is 0.423 e. The monoisotopic (exact) mass is 461 g/mol. The van der Waals surface area contributed by atoms with E-state index in [2.05, 4.69) is 20.2 Å². The van der Waals surface area contributed by atoms with Crippen molar-refractivity contribution in [2.75, 3.05) is 31.6 Å². The second-order valence-corrected chi connectivity index (χ2v) is 7.55. The van der Waals surface area contributed by atoms with Gasteiger partial charge in [-0.15, -0.1) is 0 Å². The Morgan fingerprint density at radius 2 is 1.85 bits per heavy atom. The lowest BCUT2D eigenvalue weighted by atomic mass is 10.1. The molecule has 9 nitrogen and oxygen atoms in total. The van der Waals surface area contributed by atoms with Gasteiger partial charge in [0.1, 0.15) is 5.56 Å². The van der Waals surface area contributed by atoms with E-state index in [1.807, 2.05) is 6.92 Å². The fourth-order valence-corrected chi connectivity index (χ4v) is 3.74. The topological polar surface area (TPSA) is 89.3 Å². The Morgan fingerprint density at radius 3 is 2.55 bits per heavy atom. The summed E-state index contributed by atoms with van der Waals surface area (Å²) in [4.78, 5) is 26.2. The van der Waals surface area contributed by atoms with Crippen molar-refractivity contribution in [3.63, 3.8) is 0 Å². The van der Waals surface area contributed by atoms with Crippen LogP contribution in [0.15, 0.2) is 42.9 Å². The Bertz CT molecular complexity index is 1120. The van der Waals surface area contributed by atoms with Crippen molar-refractivity contribution in [1.82, 2.24) is 29.9 Å². The van der Waals surface area contributed by atoms with Gasteiger partial charge in [-0.1, -0.05) is 12.1 Å². The molecule has 0 radical (unpaired) electrons. The van der Waals surface area contributed by atoms with E-state index in [0.29, 0.717) is 37.3 Å². The SMILES string of the molecule is COc1nc(N2CC[C@H](C)N(C(=O)c3ccccc3-n3nccn3)CC2)ncc1C(F)(F)F. The third kappa shape index (κ3) is 4.59. The number of rotatable bonds is 4. The molecule has 1 aliphatic rings. The molecule has 0 saturated carbocycles. The zero-order chi connectivity index (χ0) is 23.6. The Hall–Kier alpha value is -3.70. The number of anilines is 1. The maximum absolute atomic E-state index is 13.4. The number of methoxy groups -OCH3 is 1. The summed E-state index contributed by atoms with van der Waals surface area (Å²) in [5.41, 5.74) is -0.00403. The van der Waals surface area contributed by atoms with Gasteiger partial charge in [-0.3, -0.25) is 4.79 Å². The molecule has 3 aromatic rings. The molecule has 2 aromatic heterocycles. The van der Waals surface area contributed by atoms with E-state index >= 15 is 0 Å². The van der Waals surface area contributed by atoms with Crippen LogP contribution in [0.25, 0.3) is 5.69 Å². The molecule has 1 fully saturated rings. The third-order valence-corrected chi connectivity index (χ3v) is 5.51. The summed E-state index contributed by atoms with van der Waals surface area (Å²) in [5.74, 6) is -0.580. The Kier molecular flexibility index (Phi) is 6.16. The van der Waals surface area contributed by atoms with Gasteiger partial charge in [-0.05, 0) is 25.5 Å². The Morgan fingerprint density at radius 1 is 1.12 bits per heavy atom. The first kappa shape index (κ1) is 22.5. The van der Waals surface area contributed by atoms with Gasteiger partial charge in [0.2, 0.25) is 11.8 Å². The number of hydrogen-bond donors (Lipinski definition) is 0. The molecule has 0 spiro atoms. The number of para-hydroxylation sites is 1. The molecule has 0 unspecified atom stereocenters. The van der Waals surface area contributed by atoms with E-state index in [9.17, 15) is 18.0 Å². The van der Waals surface area contributed by atoms with Crippen molar-refractivity contribution in [2.45, 2.75) is 25.6 Å². The van der Waals surface area contributed by atoms with Gasteiger partial charge < -0.3 is 14.5 Å². The van der Waals surface area contributed by atoms with Crippen LogP contribution in [0.4, 0.5) is 19.1 Å². The van der Waals surface area contributed by atoms with Gasteiger partial charge in [0.15, 0.2) is 0 Å². The number of amides is 1. The number of nitrogens with zero attached hydrogens (tertiary/aromatic N) is 7. The zero-order valence-electron chi connectivity index (χ0n) is 18.0. The predicted octanol–water partition coefficient (Wildman–Crippen LogP) is 2.83. The molecule has 1 saturated heterocycles. The molecule has 0 N–H and O–H groups in total. The van der Waals surface area contributed by atoms with Crippen molar-refractivity contribution in [2.24, 2.45) is 0 Å². The van der Waals surface area contributed by atoms with Gasteiger partial charge in [0, 0.05) is 31.9 Å². The number of ether oxygens (including phenoxy) is 1. The number of alkyl halides is 3. The average molecular weight is 461 g/mol. The van der Waals surface area contributed by atoms with Crippen molar-refractivity contribution in [3.8, 4) is 11.6 Å². The number of benzene rings is 1. The standard InChI is InChI=1S/C21H22F3N7O2/c1-14-7-10-29(20-25-13-16(21(22,23)24)18(28-20)33-2)11-12-30(14)19(32)15-5-3-4-6-17(15)31-26-8-9-27-31/h3-6,8-9,13-14H,7,10-12H2,1-2H3/t14-/m0/s1. The number of halogens is 3. The summed E-state index contributed by atoms with van der Waals surface area (Å²) in [7, 11) is 1.14. The van der Waals surface area contributed by atoms with Crippen LogP contribution in [-0.4, -0.2) is 68.6 Å². The highest BCUT2D eigenvalue weighted by Gasteiger charge is 2.37. The molecule has 4 rings (SSSR count). The fraction of sp³-hybridized carbons (Fsp3) is 0.381. The first-order chi connectivity index (χ1) is 15.8. The largest absolute Gasteiger partial charge is 0.480 e. The van der Waals surface area contributed by atoms with Crippen LogP contribution < -0.4 is 9.64 Å². The highest BCUT2D eigenvalue weighted by molar-refractivity contribution is 5.98. The van der Waals surface area contributed by atoms with Gasteiger partial charge in [-0.25, -0.2) is 4.98 Å². The van der Waals surface area contributed by atoms with Gasteiger partial charge >= 0.3 is 6.18 Å². The second kappa shape index (κ2) is 9.04. The van der Waals surface area contributed by atoms with Crippen molar-refractivity contribution in [1.29, 1.82) is 0 Å². The van der Waals surface area contributed by atoms with E-state index in [4.69, 9.17) is 4.74 Å². The van der Waals surface area contributed by atoms with Crippen molar-refractivity contribution in [3.05, 3.63) is 54.0 Å². The molecule has 0 bridgehead atoms. The van der Waals surface area contributed by atoms with Gasteiger partial charge in [0.25, 0.3) is 5.91 Å². The molecule has 33 heavy (non-hydrogen) atoms. The first-order valence-electron chi connectivity index (χ1n) is 10.3. The molecule has 1 aromatic carbocycles. The second-order valence-electron chi connectivity index (χ2n) is 7.55. The van der Waals surface area contributed by atoms with Crippen LogP contribution in [0.3, 0.4) is 0 Å². The average Bonchev–Trinajstić information content (AvgIpc) is 3.27. The predicted molar refractivity (Wildman–Crippen MR) is 112 cm³/mol. The molecule has 174 valence electrons. The third-order valence-electron chi connectivity index (χ3n) is 5.51. The van der Waals surface area contributed by atoms with E-state index < -0.39 is 17.6 Å². The van der Waals surface area contributed by atoms with Crippen molar-refractivity contribution >= 4 is 11.9 Å². The summed E-state index contributed by atoms with van der Waals surface area (Å²) in [6.07, 6.45) is -0.234. The van der Waals surface area contributed by atoms with E-state index in [1.54, 1.807) is 34.1 Å². The van der Waals surface area contributed by atoms with Crippen LogP contribution in [0, 0.1) is 0 Å². The minimum atomic E-state index is -4.61. The van der Waals surface area contributed by atoms with E-state index in [0.717, 1.165) is 13.3 Å². The normalized spacial score (nSPS) is 17.1. The Labute approximate surface area is 187 Å². The number of carbonyl (C=O) groups excluding carboxylic acids is 1. The molecule has 12 heteroatoms. The van der Waals surface area contributed by atoms with Crippen LogP contribution in [0.1, 0.15) is 29.3 Å². The fourth-order valence-electron chi connectivity index (χ4n) is 3.74. The maximum atomic E-state index is 13.4. The molecule has 1 atom stereocenters. The summed E-state index contributed by atoms with van der Waals surface area (Å²) in [6, 6.07) is 6.96. The molecule has 3 heterocycles. The Balaban J connectivity index is 1.56. The molecule has 0 aliphatic carbocycles. The van der Waals surface area contributed by atoms with Crippen molar-refractivity contribution < 1.29 is 22.7 Å². The lowest BCUT2D eigenvalue weighted by Gasteiger charge is -2.27. The summed E-state index contributed by atoms with van der Waals surface area (Å²) >= 11 is 0.